The highest BCUT2D eigenvalue weighted by atomic mass is 35.5. The summed E-state index contributed by atoms with van der Waals surface area (Å²) in [6.45, 7) is 2.33. The van der Waals surface area contributed by atoms with Gasteiger partial charge in [0, 0.05) is 12.6 Å². The molecule has 0 saturated heterocycles. The van der Waals surface area contributed by atoms with Crippen molar-refractivity contribution < 1.29 is 4.74 Å². The summed E-state index contributed by atoms with van der Waals surface area (Å²) in [5.41, 5.74) is 13.2. The minimum Gasteiger partial charge on any atom is -0.495 e. The summed E-state index contributed by atoms with van der Waals surface area (Å²) in [5, 5.41) is 0.575. The predicted molar refractivity (Wildman–Crippen MR) is 58.7 cm³/mol. The van der Waals surface area contributed by atoms with Gasteiger partial charge in [-0.3, -0.25) is 0 Å². The number of hydrogen-bond donors (Lipinski definition) is 2. The van der Waals surface area contributed by atoms with Crippen LogP contribution in [0.2, 0.25) is 5.02 Å². The Bertz CT molecular complexity index is 305. The molecular formula is C10H15ClN2O. The highest BCUT2D eigenvalue weighted by Crippen LogP contribution is 2.30. The Balaban J connectivity index is 3.13. The van der Waals surface area contributed by atoms with Crippen molar-refractivity contribution in [2.45, 2.75) is 13.0 Å². The van der Waals surface area contributed by atoms with Crippen LogP contribution >= 0.6 is 11.6 Å². The van der Waals surface area contributed by atoms with Crippen molar-refractivity contribution >= 4 is 11.6 Å². The average molecular weight is 215 g/mol. The van der Waals surface area contributed by atoms with Crippen molar-refractivity contribution in [1.82, 2.24) is 0 Å². The molecule has 1 atom stereocenters. The fourth-order valence-electron chi connectivity index (χ4n) is 1.37. The zero-order valence-electron chi connectivity index (χ0n) is 8.38. The van der Waals surface area contributed by atoms with E-state index >= 15 is 0 Å². The van der Waals surface area contributed by atoms with Crippen molar-refractivity contribution in [1.29, 1.82) is 0 Å². The van der Waals surface area contributed by atoms with E-state index in [1.54, 1.807) is 13.2 Å². The SMILES string of the molecule is COc1c(C)cc(C(N)CN)cc1Cl. The van der Waals surface area contributed by atoms with Crippen LogP contribution in [0.25, 0.3) is 0 Å². The molecule has 1 unspecified atom stereocenters. The molecule has 78 valence electrons. The molecule has 1 aromatic carbocycles. The third kappa shape index (κ3) is 2.18. The summed E-state index contributed by atoms with van der Waals surface area (Å²) in [6.07, 6.45) is 0. The van der Waals surface area contributed by atoms with E-state index in [0.29, 0.717) is 17.3 Å². The Kier molecular flexibility index (Phi) is 3.75. The largest absolute Gasteiger partial charge is 0.495 e. The molecule has 0 spiro atoms. The molecule has 1 aromatic rings. The van der Waals surface area contributed by atoms with E-state index in [1.807, 2.05) is 13.0 Å². The molecule has 0 aromatic heterocycles. The quantitative estimate of drug-likeness (QED) is 0.804. The van der Waals surface area contributed by atoms with Gasteiger partial charge in [-0.05, 0) is 24.1 Å². The van der Waals surface area contributed by atoms with Gasteiger partial charge in [-0.25, -0.2) is 0 Å². The van der Waals surface area contributed by atoms with Gasteiger partial charge in [0.1, 0.15) is 5.75 Å². The van der Waals surface area contributed by atoms with E-state index in [0.717, 1.165) is 11.1 Å². The van der Waals surface area contributed by atoms with Crippen molar-refractivity contribution in [2.75, 3.05) is 13.7 Å². The Hall–Kier alpha value is -0.770. The standard InChI is InChI=1S/C10H15ClN2O/c1-6-3-7(9(13)5-12)4-8(11)10(6)14-2/h3-4,9H,5,12-13H2,1-2H3. The minimum absolute atomic E-state index is 0.169. The maximum Gasteiger partial charge on any atom is 0.140 e. The molecule has 0 bridgehead atoms. The molecule has 0 aliphatic rings. The first-order chi connectivity index (χ1) is 6.60. The summed E-state index contributed by atoms with van der Waals surface area (Å²) >= 11 is 6.01. The number of ether oxygens (including phenoxy) is 1. The Morgan fingerprint density at radius 3 is 2.57 bits per heavy atom. The van der Waals surface area contributed by atoms with Gasteiger partial charge in [-0.1, -0.05) is 17.7 Å². The van der Waals surface area contributed by atoms with Gasteiger partial charge in [0.2, 0.25) is 0 Å². The normalized spacial score (nSPS) is 12.6. The fraction of sp³-hybridized carbons (Fsp3) is 0.400. The molecule has 0 heterocycles. The van der Waals surface area contributed by atoms with Gasteiger partial charge in [0.05, 0.1) is 12.1 Å². The fourth-order valence-corrected chi connectivity index (χ4v) is 1.72. The van der Waals surface area contributed by atoms with Gasteiger partial charge >= 0.3 is 0 Å². The molecule has 1 rings (SSSR count). The molecule has 4 heteroatoms. The molecule has 0 saturated carbocycles. The van der Waals surface area contributed by atoms with Crippen molar-refractivity contribution in [3.63, 3.8) is 0 Å². The highest BCUT2D eigenvalue weighted by Gasteiger charge is 2.10. The van der Waals surface area contributed by atoms with Crippen LogP contribution in [0, 0.1) is 6.92 Å². The Labute approximate surface area is 89.0 Å². The molecule has 0 aliphatic carbocycles. The van der Waals surface area contributed by atoms with Crippen LogP contribution in [-0.4, -0.2) is 13.7 Å². The number of rotatable bonds is 3. The highest BCUT2D eigenvalue weighted by molar-refractivity contribution is 6.32. The molecule has 3 nitrogen and oxygen atoms in total. The molecular weight excluding hydrogens is 200 g/mol. The number of aryl methyl sites for hydroxylation is 1. The first-order valence-corrected chi connectivity index (χ1v) is 4.77. The third-order valence-corrected chi connectivity index (χ3v) is 2.42. The monoisotopic (exact) mass is 214 g/mol. The van der Waals surface area contributed by atoms with E-state index in [4.69, 9.17) is 27.8 Å². The maximum atomic E-state index is 6.01. The van der Waals surface area contributed by atoms with Crippen LogP contribution in [0.15, 0.2) is 12.1 Å². The topological polar surface area (TPSA) is 61.3 Å². The minimum atomic E-state index is -0.169. The van der Waals surface area contributed by atoms with E-state index in [2.05, 4.69) is 0 Å². The van der Waals surface area contributed by atoms with Crippen LogP contribution in [0.4, 0.5) is 0 Å². The number of hydrogen-bond acceptors (Lipinski definition) is 3. The Morgan fingerprint density at radius 2 is 2.14 bits per heavy atom. The second-order valence-corrected chi connectivity index (χ2v) is 3.60. The van der Waals surface area contributed by atoms with Gasteiger partial charge in [0.25, 0.3) is 0 Å². The summed E-state index contributed by atoms with van der Waals surface area (Å²) < 4.78 is 5.14. The zero-order valence-corrected chi connectivity index (χ0v) is 9.14. The van der Waals surface area contributed by atoms with Crippen LogP contribution in [0.5, 0.6) is 5.75 Å². The van der Waals surface area contributed by atoms with Gasteiger partial charge < -0.3 is 16.2 Å². The lowest BCUT2D eigenvalue weighted by atomic mass is 10.0. The average Bonchev–Trinajstić information content (AvgIpc) is 2.16. The lowest BCUT2D eigenvalue weighted by Crippen LogP contribution is -2.20. The van der Waals surface area contributed by atoms with Crippen LogP contribution in [0.3, 0.4) is 0 Å². The van der Waals surface area contributed by atoms with Gasteiger partial charge in [-0.2, -0.15) is 0 Å². The van der Waals surface area contributed by atoms with Crippen molar-refractivity contribution in [3.05, 3.63) is 28.3 Å². The third-order valence-electron chi connectivity index (χ3n) is 2.14. The predicted octanol–water partition coefficient (Wildman–Crippen LogP) is 1.62. The summed E-state index contributed by atoms with van der Waals surface area (Å²) in [6, 6.07) is 3.57. The van der Waals surface area contributed by atoms with Crippen molar-refractivity contribution in [2.24, 2.45) is 11.5 Å². The summed E-state index contributed by atoms with van der Waals surface area (Å²) in [5.74, 6) is 0.694. The smallest absolute Gasteiger partial charge is 0.140 e. The van der Waals surface area contributed by atoms with E-state index in [1.165, 1.54) is 0 Å². The van der Waals surface area contributed by atoms with Crippen molar-refractivity contribution in [3.8, 4) is 5.75 Å². The van der Waals surface area contributed by atoms with E-state index < -0.39 is 0 Å². The lowest BCUT2D eigenvalue weighted by Gasteiger charge is -2.13. The molecule has 4 N–H and O–H groups in total. The van der Waals surface area contributed by atoms with E-state index in [9.17, 15) is 0 Å². The Morgan fingerprint density at radius 1 is 1.50 bits per heavy atom. The van der Waals surface area contributed by atoms with E-state index in [-0.39, 0.29) is 6.04 Å². The van der Waals surface area contributed by atoms with Crippen LogP contribution in [-0.2, 0) is 0 Å². The number of benzene rings is 1. The van der Waals surface area contributed by atoms with Gasteiger partial charge in [-0.15, -0.1) is 0 Å². The summed E-state index contributed by atoms with van der Waals surface area (Å²) in [4.78, 5) is 0. The number of methoxy groups -OCH3 is 1. The first kappa shape index (κ1) is 11.3. The first-order valence-electron chi connectivity index (χ1n) is 4.39. The molecule has 0 amide bonds. The van der Waals surface area contributed by atoms with Crippen LogP contribution in [0.1, 0.15) is 17.2 Å². The molecule has 0 aliphatic heterocycles. The zero-order chi connectivity index (χ0) is 10.7. The summed E-state index contributed by atoms with van der Waals surface area (Å²) in [7, 11) is 1.59. The molecule has 0 radical (unpaired) electrons. The number of halogens is 1. The maximum absolute atomic E-state index is 6.01. The lowest BCUT2D eigenvalue weighted by molar-refractivity contribution is 0.411. The molecule has 14 heavy (non-hydrogen) atoms. The molecule has 0 fully saturated rings. The second kappa shape index (κ2) is 4.64. The number of nitrogens with two attached hydrogens (primary N) is 2. The van der Waals surface area contributed by atoms with Gasteiger partial charge in [0.15, 0.2) is 0 Å². The second-order valence-electron chi connectivity index (χ2n) is 3.20. The van der Waals surface area contributed by atoms with Crippen LogP contribution < -0.4 is 16.2 Å².